The average Bonchev–Trinajstić information content (AvgIpc) is 2.72. The van der Waals surface area contributed by atoms with Crippen molar-refractivity contribution in [2.75, 3.05) is 5.32 Å². The lowest BCUT2D eigenvalue weighted by molar-refractivity contribution is 0.0691. The van der Waals surface area contributed by atoms with Gasteiger partial charge in [0.25, 0.3) is 5.91 Å². The number of halogens is 1. The average molecular weight is 415 g/mol. The van der Waals surface area contributed by atoms with Crippen LogP contribution in [0.15, 0.2) is 72.8 Å². The fourth-order valence-electron chi connectivity index (χ4n) is 3.98. The number of anilines is 1. The molecular formula is C26H22FNO3. The Bertz CT molecular complexity index is 1270. The Morgan fingerprint density at radius 2 is 1.77 bits per heavy atom. The minimum absolute atomic E-state index is 0.0207. The van der Waals surface area contributed by atoms with Gasteiger partial charge in [0.15, 0.2) is 0 Å². The molecule has 31 heavy (non-hydrogen) atoms. The number of carbonyl (C=O) groups excluding carboxylic acids is 1. The predicted octanol–water partition coefficient (Wildman–Crippen LogP) is 6.30. The van der Waals surface area contributed by atoms with Crippen LogP contribution in [0, 0.1) is 11.2 Å². The van der Waals surface area contributed by atoms with Gasteiger partial charge in [0.1, 0.15) is 5.82 Å². The highest BCUT2D eigenvalue weighted by Crippen LogP contribution is 2.39. The maximum atomic E-state index is 14.0. The minimum atomic E-state index is -1.35. The predicted molar refractivity (Wildman–Crippen MR) is 121 cm³/mol. The van der Waals surface area contributed by atoms with Crippen molar-refractivity contribution >= 4 is 33.9 Å². The first-order valence-electron chi connectivity index (χ1n) is 10.00. The van der Waals surface area contributed by atoms with Crippen LogP contribution in [-0.4, -0.2) is 17.0 Å². The second kappa shape index (κ2) is 7.84. The van der Waals surface area contributed by atoms with Gasteiger partial charge in [-0.2, -0.15) is 0 Å². The van der Waals surface area contributed by atoms with E-state index in [9.17, 15) is 14.0 Å². The number of amides is 1. The zero-order valence-electron chi connectivity index (χ0n) is 17.3. The maximum Gasteiger partial charge on any atom is 0.338 e. The van der Waals surface area contributed by atoms with E-state index in [2.05, 4.69) is 31.3 Å². The zero-order chi connectivity index (χ0) is 22.2. The van der Waals surface area contributed by atoms with Crippen LogP contribution in [0.3, 0.4) is 0 Å². The molecule has 0 spiro atoms. The molecule has 3 aromatic carbocycles. The van der Waals surface area contributed by atoms with Crippen LogP contribution in [0.25, 0.3) is 16.3 Å². The highest BCUT2D eigenvalue weighted by atomic mass is 19.1. The number of rotatable bonds is 4. The highest BCUT2D eigenvalue weighted by Gasteiger charge is 2.22. The molecule has 0 atom stereocenters. The Kier molecular flexibility index (Phi) is 5.19. The quantitative estimate of drug-likeness (QED) is 0.526. The molecule has 0 heterocycles. The molecule has 0 unspecified atom stereocenters. The van der Waals surface area contributed by atoms with E-state index in [4.69, 9.17) is 5.11 Å². The summed E-state index contributed by atoms with van der Waals surface area (Å²) >= 11 is 0. The number of hydrogen-bond donors (Lipinski definition) is 2. The van der Waals surface area contributed by atoms with Gasteiger partial charge in [-0.05, 0) is 52.6 Å². The topological polar surface area (TPSA) is 66.4 Å². The second-order valence-electron chi connectivity index (χ2n) is 8.38. The standard InChI is InChI=1S/C26H22FNO3/c1-26(2)13-5-8-17(15-26)19-9-3-6-16-7-4-10-21(23(16)19)24(29)28-18-11-12-20(25(30)31)22(27)14-18/h3-14H,15H2,1-2H3,(H,28,29)(H,30,31). The van der Waals surface area contributed by atoms with Gasteiger partial charge in [0.2, 0.25) is 0 Å². The molecule has 0 fully saturated rings. The Balaban J connectivity index is 1.75. The van der Waals surface area contributed by atoms with Crippen LogP contribution >= 0.6 is 0 Å². The number of hydrogen-bond acceptors (Lipinski definition) is 2. The van der Waals surface area contributed by atoms with Crippen LogP contribution in [0.5, 0.6) is 0 Å². The summed E-state index contributed by atoms with van der Waals surface area (Å²) < 4.78 is 14.0. The molecule has 3 aromatic rings. The van der Waals surface area contributed by atoms with E-state index < -0.39 is 17.3 Å². The fraction of sp³-hybridized carbons (Fsp3) is 0.154. The smallest absolute Gasteiger partial charge is 0.338 e. The van der Waals surface area contributed by atoms with Gasteiger partial charge in [-0.25, -0.2) is 9.18 Å². The first kappa shape index (κ1) is 20.5. The first-order valence-corrected chi connectivity index (χ1v) is 10.00. The molecule has 0 saturated carbocycles. The molecule has 4 rings (SSSR count). The molecule has 1 amide bonds. The van der Waals surface area contributed by atoms with Gasteiger partial charge in [-0.3, -0.25) is 4.79 Å². The number of carboxylic acid groups (broad SMARTS) is 1. The van der Waals surface area contributed by atoms with E-state index in [0.29, 0.717) is 5.56 Å². The molecule has 5 heteroatoms. The van der Waals surface area contributed by atoms with Gasteiger partial charge in [0.05, 0.1) is 5.56 Å². The number of aromatic carboxylic acids is 1. The van der Waals surface area contributed by atoms with Crippen molar-refractivity contribution in [3.05, 3.63) is 95.3 Å². The Morgan fingerprint density at radius 1 is 1.03 bits per heavy atom. The van der Waals surface area contributed by atoms with Crippen molar-refractivity contribution in [2.45, 2.75) is 20.3 Å². The minimum Gasteiger partial charge on any atom is -0.478 e. The summed E-state index contributed by atoms with van der Waals surface area (Å²) in [5.41, 5.74) is 2.40. The summed E-state index contributed by atoms with van der Waals surface area (Å²) in [7, 11) is 0. The van der Waals surface area contributed by atoms with Crippen molar-refractivity contribution < 1.29 is 19.1 Å². The van der Waals surface area contributed by atoms with Crippen molar-refractivity contribution in [3.8, 4) is 0 Å². The maximum absolute atomic E-state index is 14.0. The van der Waals surface area contributed by atoms with Gasteiger partial charge in [0, 0.05) is 16.6 Å². The van der Waals surface area contributed by atoms with E-state index in [1.807, 2.05) is 36.4 Å². The molecule has 0 bridgehead atoms. The van der Waals surface area contributed by atoms with Gasteiger partial charge in [-0.15, -0.1) is 0 Å². The normalized spacial score (nSPS) is 14.9. The molecule has 2 N–H and O–H groups in total. The van der Waals surface area contributed by atoms with Crippen LogP contribution in [0.2, 0.25) is 0 Å². The third-order valence-corrected chi connectivity index (χ3v) is 5.44. The monoisotopic (exact) mass is 415 g/mol. The lowest BCUT2D eigenvalue weighted by atomic mass is 9.78. The number of benzene rings is 3. The van der Waals surface area contributed by atoms with E-state index in [-0.39, 0.29) is 17.0 Å². The number of nitrogens with one attached hydrogen (secondary N) is 1. The van der Waals surface area contributed by atoms with Crippen molar-refractivity contribution in [3.63, 3.8) is 0 Å². The molecule has 0 saturated heterocycles. The van der Waals surface area contributed by atoms with Crippen molar-refractivity contribution in [2.24, 2.45) is 5.41 Å². The van der Waals surface area contributed by atoms with Crippen molar-refractivity contribution in [1.29, 1.82) is 0 Å². The molecule has 156 valence electrons. The van der Waals surface area contributed by atoms with Crippen LogP contribution in [-0.2, 0) is 0 Å². The van der Waals surface area contributed by atoms with E-state index in [1.54, 1.807) is 6.07 Å². The van der Waals surface area contributed by atoms with Gasteiger partial charge in [-0.1, -0.05) is 62.4 Å². The molecule has 1 aliphatic rings. The largest absolute Gasteiger partial charge is 0.478 e. The molecule has 0 aliphatic heterocycles. The lowest BCUT2D eigenvalue weighted by Gasteiger charge is -2.26. The zero-order valence-corrected chi connectivity index (χ0v) is 17.3. The third kappa shape index (κ3) is 4.12. The van der Waals surface area contributed by atoms with E-state index in [1.165, 1.54) is 6.07 Å². The Labute approximate surface area is 179 Å². The summed E-state index contributed by atoms with van der Waals surface area (Å²) in [4.78, 5) is 24.2. The van der Waals surface area contributed by atoms with E-state index >= 15 is 0 Å². The summed E-state index contributed by atoms with van der Waals surface area (Å²) in [6, 6.07) is 15.0. The van der Waals surface area contributed by atoms with Crippen LogP contribution < -0.4 is 5.32 Å². The van der Waals surface area contributed by atoms with Gasteiger partial charge >= 0.3 is 5.97 Å². The first-order chi connectivity index (χ1) is 14.7. The Hall–Kier alpha value is -3.73. The number of fused-ring (bicyclic) bond motifs is 1. The third-order valence-electron chi connectivity index (χ3n) is 5.44. The molecule has 0 aromatic heterocycles. The lowest BCUT2D eigenvalue weighted by Crippen LogP contribution is -2.14. The summed E-state index contributed by atoms with van der Waals surface area (Å²) in [5, 5.41) is 13.5. The molecule has 4 nitrogen and oxygen atoms in total. The van der Waals surface area contributed by atoms with Crippen LogP contribution in [0.4, 0.5) is 10.1 Å². The number of allylic oxidation sites excluding steroid dienone is 4. The Morgan fingerprint density at radius 3 is 2.45 bits per heavy atom. The summed E-state index contributed by atoms with van der Waals surface area (Å²) in [6.07, 6.45) is 7.15. The number of carbonyl (C=O) groups is 2. The highest BCUT2D eigenvalue weighted by molar-refractivity contribution is 6.15. The van der Waals surface area contributed by atoms with Crippen molar-refractivity contribution in [1.82, 2.24) is 0 Å². The SMILES string of the molecule is CC1(C)C=CC=C(c2cccc3cccc(C(=O)Nc4ccc(C(=O)O)c(F)c4)c23)C1. The molecular weight excluding hydrogens is 393 g/mol. The number of carboxylic acids is 1. The molecule has 1 aliphatic carbocycles. The van der Waals surface area contributed by atoms with Gasteiger partial charge < -0.3 is 10.4 Å². The second-order valence-corrected chi connectivity index (χ2v) is 8.38. The van der Waals surface area contributed by atoms with E-state index in [0.717, 1.165) is 40.5 Å². The summed E-state index contributed by atoms with van der Waals surface area (Å²) in [6.45, 7) is 4.34. The molecule has 0 radical (unpaired) electrons. The van der Waals surface area contributed by atoms with Crippen LogP contribution in [0.1, 0.15) is 46.5 Å². The fourth-order valence-corrected chi connectivity index (χ4v) is 3.98. The summed E-state index contributed by atoms with van der Waals surface area (Å²) in [5.74, 6) is -2.64.